The number of nitrogens with zero attached hydrogens (tertiary/aromatic N) is 1. The molecule has 1 aromatic carbocycles. The molecule has 1 aliphatic heterocycles. The van der Waals surface area contributed by atoms with E-state index in [0.29, 0.717) is 38.2 Å². The highest BCUT2D eigenvalue weighted by Gasteiger charge is 2.47. The van der Waals surface area contributed by atoms with Crippen molar-refractivity contribution in [2.75, 3.05) is 19.8 Å². The summed E-state index contributed by atoms with van der Waals surface area (Å²) in [7, 11) is 0. The van der Waals surface area contributed by atoms with Crippen LogP contribution in [0.15, 0.2) is 24.3 Å². The molecule has 0 unspecified atom stereocenters. The Hall–Kier alpha value is -1.95. The van der Waals surface area contributed by atoms with Gasteiger partial charge >= 0.3 is 0 Å². The number of benzene rings is 1. The zero-order valence-electron chi connectivity index (χ0n) is 14.3. The Morgan fingerprint density at radius 1 is 1.42 bits per heavy atom. The van der Waals surface area contributed by atoms with Crippen molar-refractivity contribution in [3.8, 4) is 0 Å². The maximum atomic E-state index is 13.9. The standard InChI is InChI=1S/C18H25FN2O3/c1-3-24-12-6-11-20-17(23)18(2)10-9-16(22)21(18)13-14-7-4-5-8-15(14)19/h4-5,7-8H,3,6,9-13H2,1-2H3,(H,20,23)/t18-/m0/s1. The van der Waals surface area contributed by atoms with E-state index in [2.05, 4.69) is 5.32 Å². The quantitative estimate of drug-likeness (QED) is 0.741. The van der Waals surface area contributed by atoms with Crippen LogP contribution in [-0.2, 0) is 20.9 Å². The van der Waals surface area contributed by atoms with Crippen molar-refractivity contribution in [2.24, 2.45) is 0 Å². The Morgan fingerprint density at radius 3 is 2.88 bits per heavy atom. The van der Waals surface area contributed by atoms with Crippen molar-refractivity contribution in [1.29, 1.82) is 0 Å². The van der Waals surface area contributed by atoms with Gasteiger partial charge in [-0.05, 0) is 32.8 Å². The van der Waals surface area contributed by atoms with E-state index >= 15 is 0 Å². The smallest absolute Gasteiger partial charge is 0.245 e. The molecule has 0 bridgehead atoms. The molecule has 5 nitrogen and oxygen atoms in total. The molecule has 2 rings (SSSR count). The number of amides is 2. The molecule has 1 heterocycles. The minimum absolute atomic E-state index is 0.106. The first-order valence-corrected chi connectivity index (χ1v) is 8.39. The van der Waals surface area contributed by atoms with Crippen molar-refractivity contribution < 1.29 is 18.7 Å². The Kier molecular flexibility index (Phi) is 6.31. The lowest BCUT2D eigenvalue weighted by atomic mass is 9.97. The van der Waals surface area contributed by atoms with E-state index < -0.39 is 5.54 Å². The Balaban J connectivity index is 2.02. The molecule has 1 saturated heterocycles. The van der Waals surface area contributed by atoms with Crippen molar-refractivity contribution in [2.45, 2.75) is 45.2 Å². The molecular weight excluding hydrogens is 311 g/mol. The predicted octanol–water partition coefficient (Wildman–Crippen LogP) is 2.25. The van der Waals surface area contributed by atoms with Crippen LogP contribution >= 0.6 is 0 Å². The van der Waals surface area contributed by atoms with Gasteiger partial charge in [0.1, 0.15) is 11.4 Å². The maximum Gasteiger partial charge on any atom is 0.245 e. The normalized spacial score (nSPS) is 20.5. The predicted molar refractivity (Wildman–Crippen MR) is 88.7 cm³/mol. The number of likely N-dealkylation sites (tertiary alicyclic amines) is 1. The van der Waals surface area contributed by atoms with Crippen LogP contribution in [0, 0.1) is 5.82 Å². The molecule has 0 radical (unpaired) electrons. The number of hydrogen-bond donors (Lipinski definition) is 1. The van der Waals surface area contributed by atoms with Crippen LogP contribution in [0.1, 0.15) is 38.7 Å². The van der Waals surface area contributed by atoms with E-state index in [0.717, 1.165) is 6.42 Å². The van der Waals surface area contributed by atoms with Crippen LogP contribution < -0.4 is 5.32 Å². The number of carbonyl (C=O) groups is 2. The molecule has 0 spiro atoms. The second-order valence-corrected chi connectivity index (χ2v) is 6.15. The number of carbonyl (C=O) groups excluding carboxylic acids is 2. The Bertz CT molecular complexity index is 593. The Morgan fingerprint density at radius 2 is 2.17 bits per heavy atom. The largest absolute Gasteiger partial charge is 0.382 e. The van der Waals surface area contributed by atoms with Gasteiger partial charge in [-0.1, -0.05) is 18.2 Å². The van der Waals surface area contributed by atoms with E-state index in [4.69, 9.17) is 4.74 Å². The lowest BCUT2D eigenvalue weighted by Gasteiger charge is -2.34. The Labute approximate surface area is 142 Å². The molecule has 1 atom stereocenters. The number of ether oxygens (including phenoxy) is 1. The molecule has 1 aromatic rings. The number of rotatable bonds is 8. The number of nitrogens with one attached hydrogen (secondary N) is 1. The van der Waals surface area contributed by atoms with E-state index in [1.807, 2.05) is 6.92 Å². The molecular formula is C18H25FN2O3. The van der Waals surface area contributed by atoms with Crippen molar-refractivity contribution in [1.82, 2.24) is 10.2 Å². The highest BCUT2D eigenvalue weighted by molar-refractivity contribution is 5.94. The average molecular weight is 336 g/mol. The first-order valence-electron chi connectivity index (χ1n) is 8.39. The van der Waals surface area contributed by atoms with Crippen molar-refractivity contribution in [3.05, 3.63) is 35.6 Å². The first kappa shape index (κ1) is 18.4. The van der Waals surface area contributed by atoms with Gasteiger partial charge in [0, 0.05) is 38.3 Å². The van der Waals surface area contributed by atoms with Gasteiger partial charge in [0.15, 0.2) is 0 Å². The molecule has 6 heteroatoms. The summed E-state index contributed by atoms with van der Waals surface area (Å²) in [4.78, 5) is 26.3. The number of halogens is 1. The van der Waals surface area contributed by atoms with E-state index in [9.17, 15) is 14.0 Å². The van der Waals surface area contributed by atoms with Gasteiger partial charge in [-0.3, -0.25) is 9.59 Å². The summed E-state index contributed by atoms with van der Waals surface area (Å²) in [5.41, 5.74) is -0.520. The second kappa shape index (κ2) is 8.24. The molecule has 0 aliphatic carbocycles. The van der Waals surface area contributed by atoms with Gasteiger partial charge in [0.2, 0.25) is 11.8 Å². The molecule has 1 fully saturated rings. The zero-order valence-corrected chi connectivity index (χ0v) is 14.3. The minimum Gasteiger partial charge on any atom is -0.382 e. The fourth-order valence-electron chi connectivity index (χ4n) is 2.90. The van der Waals surface area contributed by atoms with Crippen molar-refractivity contribution >= 4 is 11.8 Å². The summed E-state index contributed by atoms with van der Waals surface area (Å²) in [6.45, 7) is 5.51. The van der Waals surface area contributed by atoms with Crippen LogP contribution in [0.25, 0.3) is 0 Å². The summed E-state index contributed by atoms with van der Waals surface area (Å²) < 4.78 is 19.1. The summed E-state index contributed by atoms with van der Waals surface area (Å²) in [6, 6.07) is 6.33. The fourth-order valence-corrected chi connectivity index (χ4v) is 2.90. The third kappa shape index (κ3) is 4.12. The fraction of sp³-hybridized carbons (Fsp3) is 0.556. The first-order chi connectivity index (χ1) is 11.5. The number of hydrogen-bond acceptors (Lipinski definition) is 3. The van der Waals surface area contributed by atoms with Gasteiger partial charge in [0.05, 0.1) is 0 Å². The van der Waals surface area contributed by atoms with E-state index in [1.165, 1.54) is 11.0 Å². The molecule has 0 aromatic heterocycles. The minimum atomic E-state index is -0.940. The molecule has 1 aliphatic rings. The van der Waals surface area contributed by atoms with Crippen LogP contribution in [-0.4, -0.2) is 42.0 Å². The van der Waals surface area contributed by atoms with Gasteiger partial charge in [0.25, 0.3) is 0 Å². The maximum absolute atomic E-state index is 13.9. The third-order valence-corrected chi connectivity index (χ3v) is 4.45. The molecule has 0 saturated carbocycles. The lowest BCUT2D eigenvalue weighted by molar-refractivity contribution is -0.141. The highest BCUT2D eigenvalue weighted by Crippen LogP contribution is 2.32. The monoisotopic (exact) mass is 336 g/mol. The second-order valence-electron chi connectivity index (χ2n) is 6.15. The summed E-state index contributed by atoms with van der Waals surface area (Å²) >= 11 is 0. The topological polar surface area (TPSA) is 58.6 Å². The molecule has 24 heavy (non-hydrogen) atoms. The highest BCUT2D eigenvalue weighted by atomic mass is 19.1. The van der Waals surface area contributed by atoms with E-state index in [-0.39, 0.29) is 24.2 Å². The van der Waals surface area contributed by atoms with Gasteiger partial charge in [-0.15, -0.1) is 0 Å². The zero-order chi connectivity index (χ0) is 17.6. The molecule has 132 valence electrons. The third-order valence-electron chi connectivity index (χ3n) is 4.45. The summed E-state index contributed by atoms with van der Waals surface area (Å²) in [5, 5.41) is 2.87. The van der Waals surface area contributed by atoms with Gasteiger partial charge in [-0.2, -0.15) is 0 Å². The van der Waals surface area contributed by atoms with Gasteiger partial charge < -0.3 is 15.0 Å². The van der Waals surface area contributed by atoms with E-state index in [1.54, 1.807) is 25.1 Å². The van der Waals surface area contributed by atoms with Gasteiger partial charge in [-0.25, -0.2) is 4.39 Å². The molecule has 2 amide bonds. The van der Waals surface area contributed by atoms with Crippen LogP contribution in [0.5, 0.6) is 0 Å². The SMILES string of the molecule is CCOCCCNC(=O)[C@]1(C)CCC(=O)N1Cc1ccccc1F. The summed E-state index contributed by atoms with van der Waals surface area (Å²) in [6.07, 6.45) is 1.46. The van der Waals surface area contributed by atoms with Crippen LogP contribution in [0.3, 0.4) is 0 Å². The van der Waals surface area contributed by atoms with Crippen molar-refractivity contribution in [3.63, 3.8) is 0 Å². The average Bonchev–Trinajstić information content (AvgIpc) is 2.86. The van der Waals surface area contributed by atoms with Crippen LogP contribution in [0.4, 0.5) is 4.39 Å². The summed E-state index contributed by atoms with van der Waals surface area (Å²) in [5.74, 6) is -0.678. The van der Waals surface area contributed by atoms with Crippen LogP contribution in [0.2, 0.25) is 0 Å². The lowest BCUT2D eigenvalue weighted by Crippen LogP contribution is -2.54. The molecule has 1 N–H and O–H groups in total.